The maximum absolute atomic E-state index is 11.8. The number of hydrogen-bond acceptors (Lipinski definition) is 4. The van der Waals surface area contributed by atoms with Gasteiger partial charge < -0.3 is 10.1 Å². The third-order valence-electron chi connectivity index (χ3n) is 4.23. The van der Waals surface area contributed by atoms with Gasteiger partial charge in [-0.1, -0.05) is 37.5 Å². The van der Waals surface area contributed by atoms with Crippen molar-refractivity contribution in [2.24, 2.45) is 5.92 Å². The summed E-state index contributed by atoms with van der Waals surface area (Å²) in [6.45, 7) is 0. The molecule has 5 nitrogen and oxygen atoms in total. The van der Waals surface area contributed by atoms with Crippen molar-refractivity contribution in [3.63, 3.8) is 0 Å². The van der Waals surface area contributed by atoms with Crippen molar-refractivity contribution < 1.29 is 19.1 Å². The lowest BCUT2D eigenvalue weighted by molar-refractivity contribution is -0.122. The highest BCUT2D eigenvalue weighted by atomic mass is 16.6. The van der Waals surface area contributed by atoms with Gasteiger partial charge in [0.05, 0.1) is 5.70 Å². The van der Waals surface area contributed by atoms with Gasteiger partial charge in [-0.3, -0.25) is 14.4 Å². The van der Waals surface area contributed by atoms with E-state index in [2.05, 4.69) is 11.4 Å². The summed E-state index contributed by atoms with van der Waals surface area (Å²) in [5, 5.41) is 2.45. The Morgan fingerprint density at radius 2 is 1.91 bits per heavy atom. The summed E-state index contributed by atoms with van der Waals surface area (Å²) in [6, 6.07) is 0. The average molecular weight is 301 g/mol. The fourth-order valence-electron chi connectivity index (χ4n) is 2.94. The fraction of sp³-hybridized carbons (Fsp3) is 0.471. The minimum Gasteiger partial charge on any atom is -0.352 e. The van der Waals surface area contributed by atoms with Crippen LogP contribution in [-0.2, 0) is 19.1 Å². The number of fused-ring (bicyclic) bond motifs is 1. The zero-order valence-electron chi connectivity index (χ0n) is 12.3. The van der Waals surface area contributed by atoms with Crippen LogP contribution in [0.15, 0.2) is 36.1 Å². The minimum absolute atomic E-state index is 0.0228. The Labute approximate surface area is 129 Å². The Morgan fingerprint density at radius 1 is 1.14 bits per heavy atom. The van der Waals surface area contributed by atoms with Crippen LogP contribution in [0.1, 0.15) is 32.1 Å². The van der Waals surface area contributed by atoms with Gasteiger partial charge in [-0.2, -0.15) is 0 Å². The number of Topliss-reactive ketones (excluding diaryl/α,β-unsaturated/α-hetero) is 1. The molecule has 0 spiro atoms. The number of ketones is 2. The molecule has 0 bridgehead atoms. The van der Waals surface area contributed by atoms with Crippen molar-refractivity contribution in [2.75, 3.05) is 0 Å². The first-order valence-electron chi connectivity index (χ1n) is 7.76. The van der Waals surface area contributed by atoms with Gasteiger partial charge in [0.15, 0.2) is 18.0 Å². The number of ether oxygens (including phenoxy) is 1. The summed E-state index contributed by atoms with van der Waals surface area (Å²) in [7, 11) is 0. The maximum atomic E-state index is 11.8. The van der Waals surface area contributed by atoms with E-state index in [1.807, 2.05) is 6.08 Å². The van der Waals surface area contributed by atoms with Crippen LogP contribution in [0.25, 0.3) is 0 Å². The zero-order valence-corrected chi connectivity index (χ0v) is 12.3. The first kappa shape index (κ1) is 14.9. The van der Waals surface area contributed by atoms with Gasteiger partial charge in [0.2, 0.25) is 11.7 Å². The van der Waals surface area contributed by atoms with Crippen molar-refractivity contribution in [3.05, 3.63) is 36.1 Å². The van der Waals surface area contributed by atoms with Crippen molar-refractivity contribution in [3.8, 4) is 0 Å². The smallest absolute Gasteiger partial charge is 0.248 e. The Hall–Kier alpha value is -2.01. The number of carbonyl (C=O) groups is 3. The largest absolute Gasteiger partial charge is 0.352 e. The first-order chi connectivity index (χ1) is 10.6. The number of hydrogen-bond donors (Lipinski definition) is 1. The number of amides is 1. The van der Waals surface area contributed by atoms with Gasteiger partial charge in [0.25, 0.3) is 0 Å². The molecule has 22 heavy (non-hydrogen) atoms. The Balaban J connectivity index is 1.49. The molecule has 1 N–H and O–H groups in total. The molecular weight excluding hydrogens is 282 g/mol. The van der Waals surface area contributed by atoms with E-state index in [1.54, 1.807) is 6.08 Å². The van der Waals surface area contributed by atoms with Crippen LogP contribution in [0.3, 0.4) is 0 Å². The summed E-state index contributed by atoms with van der Waals surface area (Å²) in [4.78, 5) is 35.0. The lowest BCUT2D eigenvalue weighted by atomic mass is 9.89. The molecule has 116 valence electrons. The lowest BCUT2D eigenvalue weighted by Gasteiger charge is -2.17. The molecule has 0 aromatic rings. The highest BCUT2D eigenvalue weighted by Gasteiger charge is 2.53. The number of allylic oxidation sites excluding steroid dienone is 3. The van der Waals surface area contributed by atoms with Crippen LogP contribution in [0, 0.1) is 5.92 Å². The van der Waals surface area contributed by atoms with E-state index < -0.39 is 18.1 Å². The number of carbonyl (C=O) groups excluding carboxylic acids is 3. The van der Waals surface area contributed by atoms with Crippen molar-refractivity contribution in [2.45, 2.75) is 44.3 Å². The Kier molecular flexibility index (Phi) is 4.34. The summed E-state index contributed by atoms with van der Waals surface area (Å²) < 4.78 is 4.95. The van der Waals surface area contributed by atoms with E-state index in [4.69, 9.17) is 4.74 Å². The maximum Gasteiger partial charge on any atom is 0.248 e. The van der Waals surface area contributed by atoms with Crippen LogP contribution in [0.2, 0.25) is 0 Å². The third-order valence-corrected chi connectivity index (χ3v) is 4.23. The topological polar surface area (TPSA) is 75.8 Å². The fourth-order valence-corrected chi connectivity index (χ4v) is 2.94. The van der Waals surface area contributed by atoms with Crippen LogP contribution in [0.5, 0.6) is 0 Å². The normalized spacial score (nSPS) is 28.8. The molecule has 1 aliphatic heterocycles. The molecule has 1 saturated heterocycles. The van der Waals surface area contributed by atoms with Crippen molar-refractivity contribution in [1.29, 1.82) is 0 Å². The zero-order chi connectivity index (χ0) is 15.5. The highest BCUT2D eigenvalue weighted by Crippen LogP contribution is 2.30. The predicted octanol–water partition coefficient (Wildman–Crippen LogP) is 1.60. The SMILES string of the molecule is O=C(/C=C/C=C/C1CCCCC1)NC1=CC(=O)[C@@H]2O[C@@H]2C1=O. The molecule has 2 atom stereocenters. The number of epoxide rings is 1. The molecule has 3 rings (SSSR count). The van der Waals surface area contributed by atoms with Gasteiger partial charge in [-0.25, -0.2) is 0 Å². The van der Waals surface area contributed by atoms with E-state index in [0.29, 0.717) is 5.92 Å². The first-order valence-corrected chi connectivity index (χ1v) is 7.76. The second kappa shape index (κ2) is 6.40. The van der Waals surface area contributed by atoms with Gasteiger partial charge in [-0.15, -0.1) is 0 Å². The summed E-state index contributed by atoms with van der Waals surface area (Å²) in [6.07, 6.45) is 13.1. The Bertz CT molecular complexity index is 581. The molecule has 3 aliphatic rings. The summed E-state index contributed by atoms with van der Waals surface area (Å²) in [5.41, 5.74) is 0.0228. The molecule has 0 aromatic heterocycles. The van der Waals surface area contributed by atoms with E-state index in [9.17, 15) is 14.4 Å². The molecule has 1 saturated carbocycles. The highest BCUT2D eigenvalue weighted by molar-refractivity contribution is 6.17. The van der Waals surface area contributed by atoms with E-state index in [0.717, 1.165) is 6.08 Å². The van der Waals surface area contributed by atoms with Crippen molar-refractivity contribution in [1.82, 2.24) is 5.32 Å². The predicted molar refractivity (Wildman–Crippen MR) is 79.8 cm³/mol. The lowest BCUT2D eigenvalue weighted by Crippen LogP contribution is -2.33. The van der Waals surface area contributed by atoms with Gasteiger partial charge in [0, 0.05) is 12.2 Å². The summed E-state index contributed by atoms with van der Waals surface area (Å²) in [5.74, 6) is -0.407. The third kappa shape index (κ3) is 3.42. The number of nitrogens with one attached hydrogen (secondary N) is 1. The van der Waals surface area contributed by atoms with Crippen LogP contribution < -0.4 is 5.32 Å². The molecule has 0 radical (unpaired) electrons. The van der Waals surface area contributed by atoms with E-state index in [1.165, 1.54) is 38.2 Å². The molecule has 1 amide bonds. The molecule has 1 heterocycles. The second-order valence-electron chi connectivity index (χ2n) is 5.93. The van der Waals surface area contributed by atoms with Gasteiger partial charge >= 0.3 is 0 Å². The molecule has 0 unspecified atom stereocenters. The quantitative estimate of drug-likeness (QED) is 0.486. The van der Waals surface area contributed by atoms with E-state index >= 15 is 0 Å². The molecule has 2 aliphatic carbocycles. The van der Waals surface area contributed by atoms with Crippen molar-refractivity contribution >= 4 is 17.5 Å². The average Bonchev–Trinajstić information content (AvgIpc) is 3.31. The van der Waals surface area contributed by atoms with Crippen LogP contribution in [-0.4, -0.2) is 29.7 Å². The van der Waals surface area contributed by atoms with Gasteiger partial charge in [0.1, 0.15) is 0 Å². The second-order valence-corrected chi connectivity index (χ2v) is 5.93. The van der Waals surface area contributed by atoms with Crippen LogP contribution >= 0.6 is 0 Å². The molecular formula is C17H19NO4. The van der Waals surface area contributed by atoms with Crippen LogP contribution in [0.4, 0.5) is 0 Å². The van der Waals surface area contributed by atoms with Gasteiger partial charge in [-0.05, 0) is 18.8 Å². The summed E-state index contributed by atoms with van der Waals surface area (Å²) >= 11 is 0. The standard InChI is InChI=1S/C17H19NO4/c19-13-10-12(15(21)17-16(13)22-17)18-14(20)9-5-4-8-11-6-2-1-3-7-11/h4-5,8-11,16-17H,1-3,6-7H2,(H,18,20)/b8-4+,9-5+/t16-,17+/m0/s1. The molecule has 5 heteroatoms. The molecule has 0 aromatic carbocycles. The molecule has 2 fully saturated rings. The minimum atomic E-state index is -0.692. The van der Waals surface area contributed by atoms with E-state index in [-0.39, 0.29) is 17.3 Å². The number of rotatable bonds is 4. The Morgan fingerprint density at radius 3 is 2.68 bits per heavy atom. The monoisotopic (exact) mass is 301 g/mol.